The van der Waals surface area contributed by atoms with E-state index in [0.29, 0.717) is 19.0 Å². The number of nitrogens with zero attached hydrogens (tertiary/aromatic N) is 2. The molecule has 1 aromatic rings. The van der Waals surface area contributed by atoms with Crippen molar-refractivity contribution < 1.29 is 14.4 Å². The fourth-order valence-corrected chi connectivity index (χ4v) is 2.77. The summed E-state index contributed by atoms with van der Waals surface area (Å²) in [6.07, 6.45) is 5.69. The molecule has 0 atom stereocenters. The monoisotopic (exact) mass is 341 g/mol. The second kappa shape index (κ2) is 7.51. The van der Waals surface area contributed by atoms with Gasteiger partial charge in [0.25, 0.3) is 0 Å². The fraction of sp³-hybridized carbons (Fsp3) is 0.421. The van der Waals surface area contributed by atoms with Crippen LogP contribution in [-0.2, 0) is 14.4 Å². The van der Waals surface area contributed by atoms with E-state index in [-0.39, 0.29) is 30.8 Å². The third-order valence-electron chi connectivity index (χ3n) is 4.64. The Kier molecular flexibility index (Phi) is 5.16. The molecule has 6 nitrogen and oxygen atoms in total. The predicted octanol–water partition coefficient (Wildman–Crippen LogP) is 0.994. The molecule has 1 saturated carbocycles. The average Bonchev–Trinajstić information content (AvgIpc) is 3.46. The summed E-state index contributed by atoms with van der Waals surface area (Å²) in [6, 6.07) is 8.20. The van der Waals surface area contributed by atoms with Crippen molar-refractivity contribution in [1.82, 2.24) is 15.1 Å². The van der Waals surface area contributed by atoms with E-state index in [1.165, 1.54) is 29.4 Å². The summed E-state index contributed by atoms with van der Waals surface area (Å²) in [5, 5.41) is 2.57. The molecule has 25 heavy (non-hydrogen) atoms. The van der Waals surface area contributed by atoms with Crippen molar-refractivity contribution in [2.45, 2.75) is 18.8 Å². The second-order valence-electron chi connectivity index (χ2n) is 6.62. The van der Waals surface area contributed by atoms with Crippen LogP contribution in [0.2, 0.25) is 0 Å². The van der Waals surface area contributed by atoms with Gasteiger partial charge in [-0.05, 0) is 36.0 Å². The summed E-state index contributed by atoms with van der Waals surface area (Å²) >= 11 is 0. The van der Waals surface area contributed by atoms with Crippen LogP contribution in [-0.4, -0.2) is 60.7 Å². The SMILES string of the molecule is CN1CCN(C(=O)CNC(=O)/C=C/c2ccc(C3CC3)cc2)CC1=O. The van der Waals surface area contributed by atoms with Gasteiger partial charge in [-0.15, -0.1) is 0 Å². The van der Waals surface area contributed by atoms with Gasteiger partial charge in [-0.25, -0.2) is 0 Å². The Bertz CT molecular complexity index is 692. The van der Waals surface area contributed by atoms with Crippen LogP contribution in [0.4, 0.5) is 0 Å². The lowest BCUT2D eigenvalue weighted by Gasteiger charge is -2.31. The van der Waals surface area contributed by atoms with Crippen LogP contribution in [0.5, 0.6) is 0 Å². The highest BCUT2D eigenvalue weighted by atomic mass is 16.2. The molecule has 1 aromatic carbocycles. The average molecular weight is 341 g/mol. The smallest absolute Gasteiger partial charge is 0.244 e. The molecule has 1 heterocycles. The molecule has 3 rings (SSSR count). The Morgan fingerprint density at radius 1 is 1.20 bits per heavy atom. The molecule has 1 aliphatic carbocycles. The van der Waals surface area contributed by atoms with E-state index in [1.54, 1.807) is 18.0 Å². The first kappa shape index (κ1) is 17.2. The van der Waals surface area contributed by atoms with E-state index >= 15 is 0 Å². The standard InChI is InChI=1S/C19H23N3O3/c1-21-10-11-22(13-19(21)25)18(24)12-20-17(23)9-4-14-2-5-15(6-3-14)16-7-8-16/h2-6,9,16H,7-8,10-13H2,1H3,(H,20,23)/b9-4+. The summed E-state index contributed by atoms with van der Waals surface area (Å²) in [5.74, 6) is 0.0753. The molecule has 0 aromatic heterocycles. The number of hydrogen-bond acceptors (Lipinski definition) is 3. The zero-order valence-corrected chi connectivity index (χ0v) is 14.4. The van der Waals surface area contributed by atoms with E-state index in [9.17, 15) is 14.4 Å². The first-order valence-corrected chi connectivity index (χ1v) is 8.60. The molecular formula is C19H23N3O3. The van der Waals surface area contributed by atoms with Gasteiger partial charge < -0.3 is 15.1 Å². The molecule has 0 spiro atoms. The highest BCUT2D eigenvalue weighted by molar-refractivity contribution is 5.95. The number of piperazine rings is 1. The van der Waals surface area contributed by atoms with E-state index in [2.05, 4.69) is 17.4 Å². The maximum atomic E-state index is 12.1. The van der Waals surface area contributed by atoms with Crippen molar-refractivity contribution in [1.29, 1.82) is 0 Å². The van der Waals surface area contributed by atoms with Gasteiger partial charge in [-0.1, -0.05) is 24.3 Å². The van der Waals surface area contributed by atoms with Crippen LogP contribution in [0.15, 0.2) is 30.3 Å². The minimum atomic E-state index is -0.319. The Morgan fingerprint density at radius 3 is 2.56 bits per heavy atom. The third-order valence-corrected chi connectivity index (χ3v) is 4.64. The molecule has 1 aliphatic heterocycles. The van der Waals surface area contributed by atoms with E-state index < -0.39 is 0 Å². The summed E-state index contributed by atoms with van der Waals surface area (Å²) in [7, 11) is 1.72. The van der Waals surface area contributed by atoms with Crippen LogP contribution in [0.3, 0.4) is 0 Å². The number of amides is 3. The van der Waals surface area contributed by atoms with Crippen LogP contribution < -0.4 is 5.32 Å². The van der Waals surface area contributed by atoms with Crippen molar-refractivity contribution in [3.05, 3.63) is 41.5 Å². The quantitative estimate of drug-likeness (QED) is 0.812. The fourth-order valence-electron chi connectivity index (χ4n) is 2.77. The second-order valence-corrected chi connectivity index (χ2v) is 6.62. The van der Waals surface area contributed by atoms with Gasteiger partial charge in [-0.2, -0.15) is 0 Å². The van der Waals surface area contributed by atoms with Crippen molar-refractivity contribution >= 4 is 23.8 Å². The molecular weight excluding hydrogens is 318 g/mol. The lowest BCUT2D eigenvalue weighted by atomic mass is 10.1. The van der Waals surface area contributed by atoms with Gasteiger partial charge >= 0.3 is 0 Å². The minimum absolute atomic E-state index is 0.0778. The van der Waals surface area contributed by atoms with Gasteiger partial charge in [0.15, 0.2) is 0 Å². The summed E-state index contributed by atoms with van der Waals surface area (Å²) in [5.41, 5.74) is 2.31. The molecule has 2 fully saturated rings. The lowest BCUT2D eigenvalue weighted by Crippen LogP contribution is -2.52. The first-order chi connectivity index (χ1) is 12.0. The number of hydrogen-bond donors (Lipinski definition) is 1. The lowest BCUT2D eigenvalue weighted by molar-refractivity contribution is -0.143. The molecule has 1 N–H and O–H groups in total. The van der Waals surface area contributed by atoms with Crippen LogP contribution >= 0.6 is 0 Å². The number of carbonyl (C=O) groups excluding carboxylic acids is 3. The number of rotatable bonds is 5. The summed E-state index contributed by atoms with van der Waals surface area (Å²) < 4.78 is 0. The normalized spacial score (nSPS) is 17.9. The van der Waals surface area contributed by atoms with Crippen LogP contribution in [0.25, 0.3) is 6.08 Å². The first-order valence-electron chi connectivity index (χ1n) is 8.60. The molecule has 2 aliphatic rings. The largest absolute Gasteiger partial charge is 0.343 e. The van der Waals surface area contributed by atoms with Gasteiger partial charge in [0.2, 0.25) is 17.7 Å². The number of benzene rings is 1. The van der Waals surface area contributed by atoms with E-state index in [1.807, 2.05) is 12.1 Å². The predicted molar refractivity (Wildman–Crippen MR) is 94.7 cm³/mol. The highest BCUT2D eigenvalue weighted by Gasteiger charge is 2.24. The van der Waals surface area contributed by atoms with Gasteiger partial charge in [-0.3, -0.25) is 14.4 Å². The maximum absolute atomic E-state index is 12.1. The molecule has 132 valence electrons. The zero-order chi connectivity index (χ0) is 17.8. The highest BCUT2D eigenvalue weighted by Crippen LogP contribution is 2.39. The number of carbonyl (C=O) groups is 3. The van der Waals surface area contributed by atoms with E-state index in [0.717, 1.165) is 5.56 Å². The van der Waals surface area contributed by atoms with E-state index in [4.69, 9.17) is 0 Å². The van der Waals surface area contributed by atoms with Crippen molar-refractivity contribution in [2.75, 3.05) is 33.2 Å². The molecule has 6 heteroatoms. The van der Waals surface area contributed by atoms with Gasteiger partial charge in [0, 0.05) is 26.2 Å². The third kappa shape index (κ3) is 4.68. The van der Waals surface area contributed by atoms with Crippen molar-refractivity contribution in [3.63, 3.8) is 0 Å². The molecule has 0 unspecified atom stereocenters. The van der Waals surface area contributed by atoms with Crippen molar-refractivity contribution in [3.8, 4) is 0 Å². The van der Waals surface area contributed by atoms with Gasteiger partial charge in [0.1, 0.15) is 0 Å². The molecule has 1 saturated heterocycles. The van der Waals surface area contributed by atoms with Gasteiger partial charge in [0.05, 0.1) is 13.1 Å². The van der Waals surface area contributed by atoms with Crippen molar-refractivity contribution in [2.24, 2.45) is 0 Å². The zero-order valence-electron chi connectivity index (χ0n) is 14.4. The maximum Gasteiger partial charge on any atom is 0.244 e. The Labute approximate surface area is 147 Å². The van der Waals surface area contributed by atoms with Crippen LogP contribution in [0.1, 0.15) is 29.9 Å². The number of likely N-dealkylation sites (N-methyl/N-ethyl adjacent to an activating group) is 1. The Balaban J connectivity index is 1.44. The number of nitrogens with one attached hydrogen (secondary N) is 1. The molecule has 0 bridgehead atoms. The Morgan fingerprint density at radius 2 is 1.92 bits per heavy atom. The molecule has 3 amide bonds. The molecule has 0 radical (unpaired) electrons. The van der Waals surface area contributed by atoms with Crippen LogP contribution in [0, 0.1) is 0 Å². The minimum Gasteiger partial charge on any atom is -0.343 e. The topological polar surface area (TPSA) is 69.7 Å². The Hall–Kier alpha value is -2.63. The summed E-state index contributed by atoms with van der Waals surface area (Å²) in [4.78, 5) is 38.6. The summed E-state index contributed by atoms with van der Waals surface area (Å²) in [6.45, 7) is 1.00.